The molecule has 1 rings (SSSR count). The molecule has 0 fully saturated rings. The molecular weight excluding hydrogens is 303 g/mol. The maximum atomic E-state index is 13.5. The Morgan fingerprint density at radius 3 is 2.52 bits per heavy atom. The van der Waals surface area contributed by atoms with E-state index in [-0.39, 0.29) is 11.3 Å². The molecule has 0 bridgehead atoms. The number of carbonyl (C=O) groups is 3. The minimum Gasteiger partial charge on any atom is -0.480 e. The summed E-state index contributed by atoms with van der Waals surface area (Å²) in [5.74, 6) is -2.88. The smallest absolute Gasteiger partial charge is 0.326 e. The van der Waals surface area contributed by atoms with Gasteiger partial charge in [0, 0.05) is 12.5 Å². The Kier molecular flexibility index (Phi) is 7.18. The zero-order valence-corrected chi connectivity index (χ0v) is 13.2. The molecule has 0 aliphatic rings. The van der Waals surface area contributed by atoms with Gasteiger partial charge in [-0.3, -0.25) is 9.59 Å². The van der Waals surface area contributed by atoms with Crippen LogP contribution in [0.1, 0.15) is 49.9 Å². The highest BCUT2D eigenvalue weighted by atomic mass is 19.1. The molecule has 0 radical (unpaired) electrons. The number of carboxylic acid groups (broad SMARTS) is 1. The first-order valence-corrected chi connectivity index (χ1v) is 7.46. The summed E-state index contributed by atoms with van der Waals surface area (Å²) in [5, 5.41) is 13.8. The molecule has 0 aromatic heterocycles. The van der Waals surface area contributed by atoms with Crippen molar-refractivity contribution in [3.63, 3.8) is 0 Å². The average Bonchev–Trinajstić information content (AvgIpc) is 2.47. The average molecular weight is 324 g/mol. The van der Waals surface area contributed by atoms with E-state index in [1.807, 2.05) is 6.92 Å². The van der Waals surface area contributed by atoms with E-state index in [1.54, 1.807) is 0 Å². The number of nitrogens with one attached hydrogen (secondary N) is 2. The van der Waals surface area contributed by atoms with Gasteiger partial charge in [0.2, 0.25) is 5.91 Å². The number of hydrogen-bond donors (Lipinski definition) is 3. The standard InChI is InChI=1S/C16H21FN2O4/c1-3-4-5-6-13(16(22)23)19-15(21)11-7-8-12(17)14(9-11)18-10(2)20/h7-9,13H,3-6H2,1-2H3,(H,18,20)(H,19,21)(H,22,23). The predicted molar refractivity (Wildman–Crippen MR) is 83.7 cm³/mol. The summed E-state index contributed by atoms with van der Waals surface area (Å²) in [6.07, 6.45) is 2.84. The van der Waals surface area contributed by atoms with Crippen LogP contribution in [0.15, 0.2) is 18.2 Å². The molecule has 1 aromatic rings. The van der Waals surface area contributed by atoms with Crippen LogP contribution in [0.4, 0.5) is 10.1 Å². The number of amides is 2. The lowest BCUT2D eigenvalue weighted by atomic mass is 10.1. The highest BCUT2D eigenvalue weighted by Gasteiger charge is 2.20. The maximum Gasteiger partial charge on any atom is 0.326 e. The third kappa shape index (κ3) is 6.06. The van der Waals surface area contributed by atoms with Gasteiger partial charge < -0.3 is 15.7 Å². The van der Waals surface area contributed by atoms with Gasteiger partial charge in [-0.1, -0.05) is 26.2 Å². The summed E-state index contributed by atoms with van der Waals surface area (Å²) in [6.45, 7) is 3.22. The minimum absolute atomic E-state index is 0.0805. The number of unbranched alkanes of at least 4 members (excludes halogenated alkanes) is 2. The molecule has 1 unspecified atom stereocenters. The lowest BCUT2D eigenvalue weighted by Gasteiger charge is -2.15. The van der Waals surface area contributed by atoms with Gasteiger partial charge in [-0.15, -0.1) is 0 Å². The number of rotatable bonds is 8. The lowest BCUT2D eigenvalue weighted by Crippen LogP contribution is -2.40. The molecule has 1 aromatic carbocycles. The Hall–Kier alpha value is -2.44. The molecule has 0 aliphatic carbocycles. The minimum atomic E-state index is -1.11. The quantitative estimate of drug-likeness (QED) is 0.640. The first kappa shape index (κ1) is 18.6. The summed E-state index contributed by atoms with van der Waals surface area (Å²) in [7, 11) is 0. The Bertz CT molecular complexity index is 589. The second kappa shape index (κ2) is 8.87. The molecule has 6 nitrogen and oxygen atoms in total. The molecule has 126 valence electrons. The molecule has 23 heavy (non-hydrogen) atoms. The Morgan fingerprint density at radius 1 is 1.26 bits per heavy atom. The first-order chi connectivity index (χ1) is 10.8. The molecule has 0 heterocycles. The largest absolute Gasteiger partial charge is 0.480 e. The summed E-state index contributed by atoms with van der Waals surface area (Å²) < 4.78 is 13.5. The molecular formula is C16H21FN2O4. The van der Waals surface area contributed by atoms with E-state index >= 15 is 0 Å². The number of anilines is 1. The van der Waals surface area contributed by atoms with E-state index in [0.29, 0.717) is 12.8 Å². The van der Waals surface area contributed by atoms with Crippen molar-refractivity contribution >= 4 is 23.5 Å². The zero-order valence-electron chi connectivity index (χ0n) is 13.2. The second-order valence-electron chi connectivity index (χ2n) is 5.24. The van der Waals surface area contributed by atoms with Gasteiger partial charge in [0.05, 0.1) is 5.69 Å². The van der Waals surface area contributed by atoms with Crippen LogP contribution in [0.25, 0.3) is 0 Å². The molecule has 0 saturated carbocycles. The molecule has 1 atom stereocenters. The van der Waals surface area contributed by atoms with Gasteiger partial charge in [-0.25, -0.2) is 9.18 Å². The fourth-order valence-corrected chi connectivity index (χ4v) is 2.05. The van der Waals surface area contributed by atoms with Crippen molar-refractivity contribution < 1.29 is 23.9 Å². The van der Waals surface area contributed by atoms with E-state index in [9.17, 15) is 18.8 Å². The topological polar surface area (TPSA) is 95.5 Å². The van der Waals surface area contributed by atoms with Crippen LogP contribution in [0, 0.1) is 5.82 Å². The number of halogens is 1. The van der Waals surface area contributed by atoms with Crippen molar-refractivity contribution in [1.29, 1.82) is 0 Å². The van der Waals surface area contributed by atoms with Crippen molar-refractivity contribution in [3.05, 3.63) is 29.6 Å². The third-order valence-corrected chi connectivity index (χ3v) is 3.24. The molecule has 2 amide bonds. The molecule has 0 aliphatic heterocycles. The van der Waals surface area contributed by atoms with Gasteiger partial charge in [0.15, 0.2) is 0 Å². The predicted octanol–water partition coefficient (Wildman–Crippen LogP) is 2.55. The highest BCUT2D eigenvalue weighted by Crippen LogP contribution is 2.16. The summed E-state index contributed by atoms with van der Waals surface area (Å²) in [6, 6.07) is 2.47. The Balaban J connectivity index is 2.82. The second-order valence-corrected chi connectivity index (χ2v) is 5.24. The van der Waals surface area contributed by atoms with Gasteiger partial charge in [-0.2, -0.15) is 0 Å². The van der Waals surface area contributed by atoms with Crippen molar-refractivity contribution in [2.75, 3.05) is 5.32 Å². The first-order valence-electron chi connectivity index (χ1n) is 7.46. The lowest BCUT2D eigenvalue weighted by molar-refractivity contribution is -0.139. The van der Waals surface area contributed by atoms with Gasteiger partial charge in [0.25, 0.3) is 5.91 Å². The molecule has 0 saturated heterocycles. The van der Waals surface area contributed by atoms with Gasteiger partial charge >= 0.3 is 5.97 Å². The maximum absolute atomic E-state index is 13.5. The van der Waals surface area contributed by atoms with Gasteiger partial charge in [-0.05, 0) is 24.6 Å². The van der Waals surface area contributed by atoms with Crippen molar-refractivity contribution in [2.24, 2.45) is 0 Å². The van der Waals surface area contributed by atoms with Crippen LogP contribution in [-0.4, -0.2) is 28.9 Å². The van der Waals surface area contributed by atoms with Crippen LogP contribution in [0.2, 0.25) is 0 Å². The number of benzene rings is 1. The van der Waals surface area contributed by atoms with Crippen LogP contribution >= 0.6 is 0 Å². The number of aliphatic carboxylic acids is 1. The summed E-state index contributed by atoms with van der Waals surface area (Å²) >= 11 is 0. The van der Waals surface area contributed by atoms with Gasteiger partial charge in [0.1, 0.15) is 11.9 Å². The van der Waals surface area contributed by atoms with Crippen LogP contribution in [-0.2, 0) is 9.59 Å². The fraction of sp³-hybridized carbons (Fsp3) is 0.438. The van der Waals surface area contributed by atoms with E-state index in [2.05, 4.69) is 10.6 Å². The molecule has 0 spiro atoms. The van der Waals surface area contributed by atoms with E-state index in [1.165, 1.54) is 19.1 Å². The Labute approximate surface area is 134 Å². The molecule has 3 N–H and O–H groups in total. The summed E-state index contributed by atoms with van der Waals surface area (Å²) in [5.41, 5.74) is -0.0418. The summed E-state index contributed by atoms with van der Waals surface area (Å²) in [4.78, 5) is 34.3. The van der Waals surface area contributed by atoms with Crippen molar-refractivity contribution in [1.82, 2.24) is 5.32 Å². The third-order valence-electron chi connectivity index (χ3n) is 3.24. The zero-order chi connectivity index (χ0) is 17.4. The van der Waals surface area contributed by atoms with Crippen molar-refractivity contribution in [3.8, 4) is 0 Å². The normalized spacial score (nSPS) is 11.6. The monoisotopic (exact) mass is 324 g/mol. The van der Waals surface area contributed by atoms with Crippen LogP contribution in [0.5, 0.6) is 0 Å². The number of hydrogen-bond acceptors (Lipinski definition) is 3. The SMILES string of the molecule is CCCCCC(NC(=O)c1ccc(F)c(NC(C)=O)c1)C(=O)O. The fourth-order valence-electron chi connectivity index (χ4n) is 2.05. The Morgan fingerprint density at radius 2 is 1.96 bits per heavy atom. The van der Waals surface area contributed by atoms with E-state index in [0.717, 1.165) is 18.9 Å². The molecule has 7 heteroatoms. The van der Waals surface area contributed by atoms with E-state index < -0.39 is 29.6 Å². The number of carboxylic acids is 1. The highest BCUT2D eigenvalue weighted by molar-refractivity contribution is 5.98. The van der Waals surface area contributed by atoms with E-state index in [4.69, 9.17) is 5.11 Å². The van der Waals surface area contributed by atoms with Crippen LogP contribution < -0.4 is 10.6 Å². The number of carbonyl (C=O) groups excluding carboxylic acids is 2. The van der Waals surface area contributed by atoms with Crippen LogP contribution in [0.3, 0.4) is 0 Å². The van der Waals surface area contributed by atoms with Crippen molar-refractivity contribution in [2.45, 2.75) is 45.6 Å².